The number of aromatic amines is 1. The summed E-state index contributed by atoms with van der Waals surface area (Å²) in [6, 6.07) is 2.50. The maximum absolute atomic E-state index is 12.5. The minimum atomic E-state index is -3.32. The van der Waals surface area contributed by atoms with Crippen molar-refractivity contribution in [2.75, 3.05) is 6.54 Å². The number of nitrogens with one attached hydrogen (secondary N) is 2. The van der Waals surface area contributed by atoms with E-state index in [1.807, 2.05) is 6.92 Å². The van der Waals surface area contributed by atoms with Crippen LogP contribution in [0.5, 0.6) is 0 Å². The van der Waals surface area contributed by atoms with Crippen molar-refractivity contribution in [3.8, 4) is 0 Å². The maximum atomic E-state index is 12.5. The molecular formula is C13H21N3O2S. The van der Waals surface area contributed by atoms with Gasteiger partial charge in [0.05, 0.1) is 4.90 Å². The molecule has 1 aliphatic carbocycles. The highest BCUT2D eigenvalue weighted by Crippen LogP contribution is 2.26. The third-order valence-corrected chi connectivity index (χ3v) is 5.96. The van der Waals surface area contributed by atoms with E-state index in [9.17, 15) is 8.42 Å². The largest absolute Gasteiger partial charge is 0.363 e. The molecule has 1 saturated carbocycles. The number of nitrogens with zero attached hydrogens (tertiary/aromatic N) is 1. The number of hydrogen-bond acceptors (Lipinski definition) is 3. The SMILES string of the molecule is CC1CCCN1S(=O)(=O)c1c[nH]c(CNC2CC2)c1. The van der Waals surface area contributed by atoms with Crippen LogP contribution >= 0.6 is 0 Å². The van der Waals surface area contributed by atoms with E-state index in [1.165, 1.54) is 12.8 Å². The maximum Gasteiger partial charge on any atom is 0.244 e. The van der Waals surface area contributed by atoms with Gasteiger partial charge in [0.2, 0.25) is 10.0 Å². The molecule has 0 bridgehead atoms. The Morgan fingerprint density at radius 1 is 1.42 bits per heavy atom. The average Bonchev–Trinajstić information content (AvgIpc) is 2.88. The number of hydrogen-bond donors (Lipinski definition) is 2. The van der Waals surface area contributed by atoms with Gasteiger partial charge in [-0.1, -0.05) is 0 Å². The first kappa shape index (κ1) is 13.1. The summed E-state index contributed by atoms with van der Waals surface area (Å²) in [5.74, 6) is 0. The van der Waals surface area contributed by atoms with Crippen molar-refractivity contribution in [2.24, 2.45) is 0 Å². The zero-order valence-corrected chi connectivity index (χ0v) is 12.0. The molecular weight excluding hydrogens is 262 g/mol. The fourth-order valence-corrected chi connectivity index (χ4v) is 4.33. The second-order valence-corrected chi connectivity index (χ2v) is 7.51. The molecule has 5 nitrogen and oxygen atoms in total. The number of rotatable bonds is 5. The number of H-pyrrole nitrogens is 1. The third-order valence-electron chi connectivity index (χ3n) is 3.97. The van der Waals surface area contributed by atoms with E-state index >= 15 is 0 Å². The predicted molar refractivity (Wildman–Crippen MR) is 73.2 cm³/mol. The van der Waals surface area contributed by atoms with Crippen LogP contribution in [-0.2, 0) is 16.6 Å². The van der Waals surface area contributed by atoms with E-state index in [-0.39, 0.29) is 6.04 Å². The average molecular weight is 283 g/mol. The Labute approximate surface area is 114 Å². The van der Waals surface area contributed by atoms with E-state index in [2.05, 4.69) is 10.3 Å². The molecule has 3 rings (SSSR count). The van der Waals surface area contributed by atoms with Crippen molar-refractivity contribution in [2.45, 2.75) is 56.1 Å². The van der Waals surface area contributed by atoms with Crippen LogP contribution in [0.4, 0.5) is 0 Å². The molecule has 2 N–H and O–H groups in total. The van der Waals surface area contributed by atoms with E-state index in [1.54, 1.807) is 16.6 Å². The van der Waals surface area contributed by atoms with Gasteiger partial charge in [0.1, 0.15) is 0 Å². The van der Waals surface area contributed by atoms with Crippen molar-refractivity contribution in [1.82, 2.24) is 14.6 Å². The summed E-state index contributed by atoms with van der Waals surface area (Å²) in [5.41, 5.74) is 0.942. The molecule has 106 valence electrons. The number of aromatic nitrogens is 1. The fraction of sp³-hybridized carbons (Fsp3) is 0.692. The molecule has 1 saturated heterocycles. The summed E-state index contributed by atoms with van der Waals surface area (Å²) in [7, 11) is -3.32. The molecule has 1 aromatic rings. The Morgan fingerprint density at radius 2 is 2.21 bits per heavy atom. The quantitative estimate of drug-likeness (QED) is 0.859. The first-order valence-electron chi connectivity index (χ1n) is 7.00. The van der Waals surface area contributed by atoms with Crippen molar-refractivity contribution >= 4 is 10.0 Å². The third kappa shape index (κ3) is 2.70. The lowest BCUT2D eigenvalue weighted by Crippen LogP contribution is -2.33. The lowest BCUT2D eigenvalue weighted by molar-refractivity contribution is 0.408. The molecule has 1 unspecified atom stereocenters. The Kier molecular flexibility index (Phi) is 3.41. The monoisotopic (exact) mass is 283 g/mol. The van der Waals surface area contributed by atoms with Crippen LogP contribution in [0.25, 0.3) is 0 Å². The lowest BCUT2D eigenvalue weighted by Gasteiger charge is -2.19. The minimum Gasteiger partial charge on any atom is -0.363 e. The molecule has 6 heteroatoms. The standard InChI is InChI=1S/C13H21N3O2S/c1-10-3-2-6-16(10)19(17,18)13-7-12(15-9-13)8-14-11-4-5-11/h7,9-11,14-15H,2-6,8H2,1H3. The smallest absolute Gasteiger partial charge is 0.244 e. The Hall–Kier alpha value is -0.850. The Balaban J connectivity index is 1.73. The summed E-state index contributed by atoms with van der Waals surface area (Å²) in [4.78, 5) is 3.46. The molecule has 2 aliphatic rings. The van der Waals surface area contributed by atoms with Crippen molar-refractivity contribution in [1.29, 1.82) is 0 Å². The van der Waals surface area contributed by atoms with Gasteiger partial charge in [0.15, 0.2) is 0 Å². The fourth-order valence-electron chi connectivity index (χ4n) is 2.61. The first-order valence-corrected chi connectivity index (χ1v) is 8.44. The van der Waals surface area contributed by atoms with Gasteiger partial charge in [0.25, 0.3) is 0 Å². The van der Waals surface area contributed by atoms with Gasteiger partial charge >= 0.3 is 0 Å². The van der Waals surface area contributed by atoms with Gasteiger partial charge in [-0.2, -0.15) is 4.31 Å². The molecule has 19 heavy (non-hydrogen) atoms. The van der Waals surface area contributed by atoms with Gasteiger partial charge in [-0.25, -0.2) is 8.42 Å². The van der Waals surface area contributed by atoms with Crippen LogP contribution in [0.15, 0.2) is 17.2 Å². The highest BCUT2D eigenvalue weighted by Gasteiger charge is 2.33. The molecule has 0 aromatic carbocycles. The van der Waals surface area contributed by atoms with Gasteiger partial charge < -0.3 is 10.3 Å². The van der Waals surface area contributed by atoms with Crippen LogP contribution in [-0.4, -0.2) is 36.3 Å². The molecule has 0 amide bonds. The van der Waals surface area contributed by atoms with Crippen LogP contribution in [0.3, 0.4) is 0 Å². The Bertz CT molecular complexity index is 548. The van der Waals surface area contributed by atoms with Crippen LogP contribution < -0.4 is 5.32 Å². The van der Waals surface area contributed by atoms with Crippen LogP contribution in [0.1, 0.15) is 38.3 Å². The van der Waals surface area contributed by atoms with Gasteiger partial charge in [-0.05, 0) is 38.7 Å². The first-order chi connectivity index (χ1) is 9.07. The van der Waals surface area contributed by atoms with Gasteiger partial charge in [-0.15, -0.1) is 0 Å². The van der Waals surface area contributed by atoms with E-state index in [0.29, 0.717) is 17.5 Å². The molecule has 2 heterocycles. The molecule has 1 aromatic heterocycles. The summed E-state index contributed by atoms with van der Waals surface area (Å²) >= 11 is 0. The molecule has 1 aliphatic heterocycles. The summed E-state index contributed by atoms with van der Waals surface area (Å²) in [5, 5.41) is 3.38. The molecule has 1 atom stereocenters. The number of sulfonamides is 1. The Morgan fingerprint density at radius 3 is 2.84 bits per heavy atom. The van der Waals surface area contributed by atoms with Crippen LogP contribution in [0, 0.1) is 0 Å². The van der Waals surface area contributed by atoms with E-state index in [4.69, 9.17) is 0 Å². The predicted octanol–water partition coefficient (Wildman–Crippen LogP) is 1.44. The lowest BCUT2D eigenvalue weighted by atomic mass is 10.3. The highest BCUT2D eigenvalue weighted by atomic mass is 32.2. The summed E-state index contributed by atoms with van der Waals surface area (Å²) < 4.78 is 26.6. The van der Waals surface area contributed by atoms with Crippen LogP contribution in [0.2, 0.25) is 0 Å². The zero-order valence-electron chi connectivity index (χ0n) is 11.2. The van der Waals surface area contributed by atoms with Crippen molar-refractivity contribution < 1.29 is 8.42 Å². The topological polar surface area (TPSA) is 65.2 Å². The van der Waals surface area contributed by atoms with E-state index in [0.717, 1.165) is 25.1 Å². The van der Waals surface area contributed by atoms with E-state index < -0.39 is 10.0 Å². The minimum absolute atomic E-state index is 0.118. The van der Waals surface area contributed by atoms with Crippen molar-refractivity contribution in [3.05, 3.63) is 18.0 Å². The second-order valence-electron chi connectivity index (χ2n) is 5.62. The second kappa shape index (κ2) is 4.92. The normalized spacial score (nSPS) is 25.0. The van der Waals surface area contributed by atoms with Gasteiger partial charge in [0, 0.05) is 37.1 Å². The zero-order chi connectivity index (χ0) is 13.5. The molecule has 2 fully saturated rings. The molecule has 0 spiro atoms. The van der Waals surface area contributed by atoms with Crippen molar-refractivity contribution in [3.63, 3.8) is 0 Å². The highest BCUT2D eigenvalue weighted by molar-refractivity contribution is 7.89. The summed E-state index contributed by atoms with van der Waals surface area (Å²) in [6.07, 6.45) is 6.00. The summed E-state index contributed by atoms with van der Waals surface area (Å²) in [6.45, 7) is 3.34. The van der Waals surface area contributed by atoms with Gasteiger partial charge in [-0.3, -0.25) is 0 Å². The molecule has 0 radical (unpaired) electrons.